The number of hydrogen-bond donors (Lipinski definition) is 0. The minimum absolute atomic E-state index is 0. The number of hydrogen-bond acceptors (Lipinski definition) is 3. The summed E-state index contributed by atoms with van der Waals surface area (Å²) in [7, 11) is -3.74. The molecule has 0 aliphatic rings. The molecule has 0 unspecified atom stereocenters. The summed E-state index contributed by atoms with van der Waals surface area (Å²) in [4.78, 5) is 0.161. The van der Waals surface area contributed by atoms with E-state index in [1.165, 1.54) is 0 Å². The van der Waals surface area contributed by atoms with Gasteiger partial charge in [-0.2, -0.15) is 8.42 Å². The van der Waals surface area contributed by atoms with Gasteiger partial charge in [0.2, 0.25) is 0 Å². The topological polar surface area (TPSA) is 43.4 Å². The van der Waals surface area contributed by atoms with Gasteiger partial charge in [0.1, 0.15) is 10.6 Å². The lowest BCUT2D eigenvalue weighted by molar-refractivity contribution is 0.486. The Bertz CT molecular complexity index is 631. The highest BCUT2D eigenvalue weighted by Crippen LogP contribution is 2.19. The van der Waals surface area contributed by atoms with E-state index in [2.05, 4.69) is 0 Å². The van der Waals surface area contributed by atoms with E-state index in [0.29, 0.717) is 5.75 Å². The van der Waals surface area contributed by atoms with E-state index in [4.69, 9.17) is 4.18 Å². The second-order valence-corrected chi connectivity index (χ2v) is 5.71. The van der Waals surface area contributed by atoms with Crippen LogP contribution < -0.4 is 4.18 Å². The van der Waals surface area contributed by atoms with Crippen LogP contribution in [-0.2, 0) is 10.1 Å². The van der Waals surface area contributed by atoms with Crippen LogP contribution >= 0.6 is 24.0 Å². The maximum absolute atomic E-state index is 12.0. The molecule has 0 heterocycles. The highest BCUT2D eigenvalue weighted by Gasteiger charge is 2.15. The summed E-state index contributed by atoms with van der Waals surface area (Å²) in [5.41, 5.74) is 2.05. The van der Waals surface area contributed by atoms with Crippen LogP contribution in [0, 0.1) is 13.8 Å². The van der Waals surface area contributed by atoms with Crippen molar-refractivity contribution in [2.45, 2.75) is 18.7 Å². The Balaban J connectivity index is 0.00000180. The first-order chi connectivity index (χ1) is 8.47. The van der Waals surface area contributed by atoms with E-state index in [9.17, 15) is 8.42 Å². The van der Waals surface area contributed by atoms with Gasteiger partial charge in [-0.1, -0.05) is 35.4 Å². The summed E-state index contributed by atoms with van der Waals surface area (Å²) in [6.07, 6.45) is 0. The Kier molecular flexibility index (Phi) is 5.37. The molecule has 0 radical (unpaired) electrons. The summed E-state index contributed by atoms with van der Waals surface area (Å²) in [6.45, 7) is 3.83. The maximum atomic E-state index is 12.0. The van der Waals surface area contributed by atoms with Gasteiger partial charge in [0.05, 0.1) is 0 Å². The first-order valence-electron chi connectivity index (χ1n) is 5.55. The number of benzene rings is 2. The third-order valence-corrected chi connectivity index (χ3v) is 3.80. The zero-order valence-electron chi connectivity index (χ0n) is 10.7. The average molecular weight is 390 g/mol. The fourth-order valence-electron chi connectivity index (χ4n) is 1.47. The molecule has 0 spiro atoms. The van der Waals surface area contributed by atoms with Gasteiger partial charge in [0.15, 0.2) is 0 Å². The van der Waals surface area contributed by atoms with Gasteiger partial charge in [-0.3, -0.25) is 0 Å². The standard InChI is InChI=1S/C14H14O3S.HI/c1-11-3-7-13(8-4-11)17-18(15,16)14-9-5-12(2)6-10-14;/h3-10H,1-2H3;1H. The van der Waals surface area contributed by atoms with E-state index in [-0.39, 0.29) is 28.9 Å². The molecule has 0 bridgehead atoms. The molecule has 2 aromatic rings. The fraction of sp³-hybridized carbons (Fsp3) is 0.143. The summed E-state index contributed by atoms with van der Waals surface area (Å²) < 4.78 is 29.0. The number of rotatable bonds is 3. The maximum Gasteiger partial charge on any atom is 0.339 e. The third kappa shape index (κ3) is 4.21. The van der Waals surface area contributed by atoms with Crippen LogP contribution in [0.4, 0.5) is 0 Å². The summed E-state index contributed by atoms with van der Waals surface area (Å²) in [5, 5.41) is 0. The van der Waals surface area contributed by atoms with Crippen molar-refractivity contribution in [3.05, 3.63) is 59.7 Å². The Morgan fingerprint density at radius 1 is 0.789 bits per heavy atom. The van der Waals surface area contributed by atoms with Crippen LogP contribution in [0.3, 0.4) is 0 Å². The highest BCUT2D eigenvalue weighted by atomic mass is 127. The second kappa shape index (κ2) is 6.38. The van der Waals surface area contributed by atoms with Gasteiger partial charge in [0, 0.05) is 0 Å². The van der Waals surface area contributed by atoms with Crippen molar-refractivity contribution in [1.82, 2.24) is 0 Å². The molecule has 2 rings (SSSR count). The second-order valence-electron chi connectivity index (χ2n) is 4.16. The molecule has 0 aliphatic heterocycles. The van der Waals surface area contributed by atoms with Crippen LogP contribution in [0.15, 0.2) is 53.4 Å². The molecular formula is C14H15IO3S. The van der Waals surface area contributed by atoms with Gasteiger partial charge in [-0.15, -0.1) is 24.0 Å². The molecule has 0 aliphatic carbocycles. The van der Waals surface area contributed by atoms with E-state index in [1.54, 1.807) is 48.5 Å². The fourth-order valence-corrected chi connectivity index (χ4v) is 2.40. The van der Waals surface area contributed by atoms with Crippen molar-refractivity contribution in [3.63, 3.8) is 0 Å². The molecule has 2 aromatic carbocycles. The predicted octanol–water partition coefficient (Wildman–Crippen LogP) is 3.69. The van der Waals surface area contributed by atoms with Crippen molar-refractivity contribution >= 4 is 34.1 Å². The molecule has 0 aromatic heterocycles. The molecule has 0 atom stereocenters. The summed E-state index contributed by atoms with van der Waals surface area (Å²) in [5.74, 6) is 0.321. The normalized spacial score (nSPS) is 10.6. The number of halogens is 1. The summed E-state index contributed by atoms with van der Waals surface area (Å²) >= 11 is 0. The van der Waals surface area contributed by atoms with Crippen molar-refractivity contribution in [2.24, 2.45) is 0 Å². The molecule has 0 amide bonds. The Morgan fingerprint density at radius 2 is 1.21 bits per heavy atom. The van der Waals surface area contributed by atoms with E-state index >= 15 is 0 Å². The molecule has 0 fully saturated rings. The van der Waals surface area contributed by atoms with Crippen molar-refractivity contribution in [1.29, 1.82) is 0 Å². The SMILES string of the molecule is Cc1ccc(OS(=O)(=O)c2ccc(C)cc2)cc1.I. The molecule has 0 N–H and O–H groups in total. The Hall–Kier alpha value is -1.08. The van der Waals surface area contributed by atoms with Gasteiger partial charge in [-0.05, 0) is 38.1 Å². The average Bonchev–Trinajstić information content (AvgIpc) is 2.32. The molecular weight excluding hydrogens is 375 g/mol. The first kappa shape index (κ1) is 16.0. The van der Waals surface area contributed by atoms with E-state index in [1.807, 2.05) is 13.8 Å². The van der Waals surface area contributed by atoms with E-state index in [0.717, 1.165) is 11.1 Å². The monoisotopic (exact) mass is 390 g/mol. The lowest BCUT2D eigenvalue weighted by atomic mass is 10.2. The lowest BCUT2D eigenvalue weighted by Gasteiger charge is -2.07. The molecule has 102 valence electrons. The Labute approximate surface area is 130 Å². The van der Waals surface area contributed by atoms with E-state index < -0.39 is 10.1 Å². The van der Waals surface area contributed by atoms with Gasteiger partial charge < -0.3 is 4.18 Å². The lowest BCUT2D eigenvalue weighted by Crippen LogP contribution is -2.09. The van der Waals surface area contributed by atoms with Crippen LogP contribution in [0.1, 0.15) is 11.1 Å². The molecule has 3 nitrogen and oxygen atoms in total. The quantitative estimate of drug-likeness (QED) is 0.593. The highest BCUT2D eigenvalue weighted by molar-refractivity contribution is 14.0. The molecule has 19 heavy (non-hydrogen) atoms. The van der Waals surface area contributed by atoms with Gasteiger partial charge >= 0.3 is 10.1 Å². The van der Waals surface area contributed by atoms with Crippen molar-refractivity contribution in [3.8, 4) is 5.75 Å². The molecule has 5 heteroatoms. The van der Waals surface area contributed by atoms with Crippen LogP contribution in [0.25, 0.3) is 0 Å². The molecule has 0 saturated carbocycles. The minimum Gasteiger partial charge on any atom is -0.379 e. The smallest absolute Gasteiger partial charge is 0.339 e. The van der Waals surface area contributed by atoms with Gasteiger partial charge in [0.25, 0.3) is 0 Å². The minimum atomic E-state index is -3.74. The first-order valence-corrected chi connectivity index (χ1v) is 6.96. The van der Waals surface area contributed by atoms with Crippen LogP contribution in [0.2, 0.25) is 0 Å². The number of aryl methyl sites for hydroxylation is 2. The zero-order chi connectivity index (χ0) is 13.2. The van der Waals surface area contributed by atoms with Crippen molar-refractivity contribution < 1.29 is 12.6 Å². The predicted molar refractivity (Wildman–Crippen MR) is 85.6 cm³/mol. The van der Waals surface area contributed by atoms with Crippen molar-refractivity contribution in [2.75, 3.05) is 0 Å². The van der Waals surface area contributed by atoms with Crippen LogP contribution in [-0.4, -0.2) is 8.42 Å². The third-order valence-electron chi connectivity index (χ3n) is 2.54. The zero-order valence-corrected chi connectivity index (χ0v) is 13.8. The van der Waals surface area contributed by atoms with Crippen LogP contribution in [0.5, 0.6) is 5.75 Å². The van der Waals surface area contributed by atoms with Gasteiger partial charge in [-0.25, -0.2) is 0 Å². The summed E-state index contributed by atoms with van der Waals surface area (Å²) in [6, 6.07) is 13.5. The Morgan fingerprint density at radius 3 is 1.68 bits per heavy atom. The molecule has 0 saturated heterocycles. The largest absolute Gasteiger partial charge is 0.379 e.